The average Bonchev–Trinajstić information content (AvgIpc) is 3.23. The molecule has 0 aliphatic heterocycles. The van der Waals surface area contributed by atoms with Gasteiger partial charge in [-0.25, -0.2) is 9.59 Å². The summed E-state index contributed by atoms with van der Waals surface area (Å²) >= 11 is 0. The van der Waals surface area contributed by atoms with Crippen LogP contribution in [-0.4, -0.2) is 103 Å². The maximum Gasteiger partial charge on any atom is 0.500 e. The number of benzene rings is 4. The van der Waals surface area contributed by atoms with Gasteiger partial charge in [-0.1, -0.05) is 24.3 Å². The van der Waals surface area contributed by atoms with E-state index in [4.69, 9.17) is 40.8 Å². The highest BCUT2D eigenvalue weighted by Gasteiger charge is 2.40. The van der Waals surface area contributed by atoms with E-state index in [2.05, 4.69) is 21.3 Å². The fourth-order valence-corrected chi connectivity index (χ4v) is 12.3. The number of carbonyl (C=O) groups excluding carboxylic acids is 2. The van der Waals surface area contributed by atoms with Crippen LogP contribution in [0.5, 0.6) is 11.5 Å². The number of urea groups is 2. The highest BCUT2D eigenvalue weighted by molar-refractivity contribution is 6.61. The third-order valence-electron chi connectivity index (χ3n) is 9.36. The fraction of sp³-hybridized carbons (Fsp3) is 0.488. The molecule has 0 atom stereocenters. The molecule has 4 aromatic rings. The molecule has 4 rings (SSSR count). The largest absolute Gasteiger partial charge is 0.500 e. The minimum atomic E-state index is -2.80. The highest BCUT2D eigenvalue weighted by atomic mass is 28.4. The number of fused-ring (bicyclic) bond motifs is 2. The summed E-state index contributed by atoms with van der Waals surface area (Å²) in [6.07, 6.45) is 1.29. The molecule has 0 aliphatic rings. The van der Waals surface area contributed by atoms with Crippen molar-refractivity contribution in [3.8, 4) is 22.6 Å². The number of nitrogens with one attached hydrogen (secondary N) is 4. The Morgan fingerprint density at radius 1 is 0.533 bits per heavy atom. The molecule has 4 amide bonds. The predicted octanol–water partition coefficient (Wildman–Crippen LogP) is 8.77. The van der Waals surface area contributed by atoms with Crippen LogP contribution in [0.1, 0.15) is 54.4 Å². The van der Waals surface area contributed by atoms with Gasteiger partial charge in [-0.3, -0.25) is 0 Å². The maximum absolute atomic E-state index is 13.0. The first kappa shape index (κ1) is 48.4. The standard InChI is InChI=1S/C43H64N4O11Si2/c1-9-53-59(54-10-2,55-11-3)27-15-25-44-42(48)46-34-19-21-36-32(29-34)17-23-38(51-8)40(36)41-37-22-20-35(30-33(37)18-24-39(41)52-31-50-7)47-43(49)45-26-16-28-60(56-12-4,57-13-5)58-14-6/h17-24,29-30H,9-16,25-28,31H2,1-8H3,(H2,44,46,48)(H2,45,47,49). The second-order valence-electron chi connectivity index (χ2n) is 13.4. The molecule has 330 valence electrons. The van der Waals surface area contributed by atoms with Crippen LogP contribution in [0.25, 0.3) is 32.7 Å². The molecule has 0 unspecified atom stereocenters. The number of hydrogen-bond donors (Lipinski definition) is 4. The van der Waals surface area contributed by atoms with Crippen LogP contribution < -0.4 is 30.7 Å². The zero-order chi connectivity index (χ0) is 43.4. The predicted molar refractivity (Wildman–Crippen MR) is 240 cm³/mol. The van der Waals surface area contributed by atoms with Crippen LogP contribution in [-0.2, 0) is 31.3 Å². The van der Waals surface area contributed by atoms with Crippen molar-refractivity contribution in [1.29, 1.82) is 0 Å². The SMILES string of the molecule is CCO[Si](CCCNC(=O)Nc1ccc2c(-c3c(OCOC)ccc4cc(NC(=O)NCCC[Si](OCC)(OCC)OCC)ccc34)c(OC)ccc2c1)(OCC)OCC. The summed E-state index contributed by atoms with van der Waals surface area (Å²) in [6, 6.07) is 19.7. The molecule has 17 heteroatoms. The number of anilines is 2. The van der Waals surface area contributed by atoms with E-state index in [1.54, 1.807) is 14.2 Å². The third kappa shape index (κ3) is 13.3. The number of methoxy groups -OCH3 is 2. The Bertz CT molecular complexity index is 1940. The molecule has 0 radical (unpaired) electrons. The van der Waals surface area contributed by atoms with Crippen molar-refractivity contribution < 1.29 is 50.4 Å². The van der Waals surface area contributed by atoms with Crippen LogP contribution in [0.15, 0.2) is 60.7 Å². The lowest BCUT2D eigenvalue weighted by atomic mass is 9.92. The average molecular weight is 869 g/mol. The molecule has 0 aliphatic carbocycles. The summed E-state index contributed by atoms with van der Waals surface area (Å²) in [5.74, 6) is 1.22. The first-order valence-corrected chi connectivity index (χ1v) is 24.7. The molecular weight excluding hydrogens is 805 g/mol. The van der Waals surface area contributed by atoms with Crippen LogP contribution >= 0.6 is 0 Å². The van der Waals surface area contributed by atoms with Gasteiger partial charge in [-0.15, -0.1) is 0 Å². The van der Waals surface area contributed by atoms with Crippen molar-refractivity contribution in [3.63, 3.8) is 0 Å². The van der Waals surface area contributed by atoms with E-state index in [0.29, 0.717) is 101 Å². The maximum atomic E-state index is 13.0. The van der Waals surface area contributed by atoms with E-state index in [1.165, 1.54) is 0 Å². The molecule has 0 spiro atoms. The van der Waals surface area contributed by atoms with Crippen LogP contribution in [0.3, 0.4) is 0 Å². The Morgan fingerprint density at radius 3 is 1.32 bits per heavy atom. The smallest absolute Gasteiger partial charge is 0.496 e. The van der Waals surface area contributed by atoms with E-state index in [-0.39, 0.29) is 18.9 Å². The van der Waals surface area contributed by atoms with Crippen molar-refractivity contribution in [2.75, 3.05) is 84.4 Å². The number of carbonyl (C=O) groups is 2. The summed E-state index contributed by atoms with van der Waals surface area (Å²) in [6.45, 7) is 15.4. The zero-order valence-electron chi connectivity index (χ0n) is 36.5. The Labute approximate surface area is 356 Å². The zero-order valence-corrected chi connectivity index (χ0v) is 38.5. The fourth-order valence-electron chi connectivity index (χ4n) is 7.07. The van der Waals surface area contributed by atoms with Gasteiger partial charge in [0.2, 0.25) is 0 Å². The van der Waals surface area contributed by atoms with E-state index in [9.17, 15) is 9.59 Å². The highest BCUT2D eigenvalue weighted by Crippen LogP contribution is 2.46. The molecule has 60 heavy (non-hydrogen) atoms. The van der Waals surface area contributed by atoms with Gasteiger partial charge in [-0.2, -0.15) is 0 Å². The van der Waals surface area contributed by atoms with Gasteiger partial charge in [0.05, 0.1) is 7.11 Å². The number of rotatable bonds is 27. The molecule has 0 saturated carbocycles. The number of ether oxygens (including phenoxy) is 3. The van der Waals surface area contributed by atoms with Gasteiger partial charge in [0.1, 0.15) is 11.5 Å². The van der Waals surface area contributed by atoms with Crippen LogP contribution in [0, 0.1) is 0 Å². The van der Waals surface area contributed by atoms with Crippen molar-refractivity contribution in [2.24, 2.45) is 0 Å². The van der Waals surface area contributed by atoms with Crippen molar-refractivity contribution in [1.82, 2.24) is 10.6 Å². The Morgan fingerprint density at radius 2 is 0.933 bits per heavy atom. The van der Waals surface area contributed by atoms with E-state index >= 15 is 0 Å². The molecule has 4 aromatic carbocycles. The van der Waals surface area contributed by atoms with Gasteiger partial charge in [-0.05, 0) is 112 Å². The Balaban J connectivity index is 1.53. The molecule has 0 saturated heterocycles. The first-order valence-electron chi connectivity index (χ1n) is 20.9. The van der Waals surface area contributed by atoms with Crippen molar-refractivity contribution >= 4 is 62.6 Å². The van der Waals surface area contributed by atoms with E-state index < -0.39 is 17.6 Å². The summed E-state index contributed by atoms with van der Waals surface area (Å²) in [5.41, 5.74) is 2.84. The molecular formula is C43H64N4O11Si2. The lowest BCUT2D eigenvalue weighted by molar-refractivity contribution is 0.0516. The topological polar surface area (TPSA) is 165 Å². The summed E-state index contributed by atoms with van der Waals surface area (Å²) < 4.78 is 53.0. The normalized spacial score (nSPS) is 11.8. The van der Waals surface area contributed by atoms with Gasteiger partial charge < -0.3 is 62.0 Å². The Kier molecular flexibility index (Phi) is 20.0. The second-order valence-corrected chi connectivity index (χ2v) is 18.9. The Hall–Kier alpha value is -4.31. The minimum Gasteiger partial charge on any atom is -0.496 e. The molecule has 4 N–H and O–H groups in total. The van der Waals surface area contributed by atoms with Crippen molar-refractivity contribution in [3.05, 3.63) is 60.7 Å². The number of amides is 4. The van der Waals surface area contributed by atoms with Crippen LogP contribution in [0.2, 0.25) is 12.1 Å². The third-order valence-corrected chi connectivity index (χ3v) is 15.7. The summed E-state index contributed by atoms with van der Waals surface area (Å²) in [4.78, 5) is 26.0. The van der Waals surface area contributed by atoms with Gasteiger partial charge in [0.25, 0.3) is 0 Å². The monoisotopic (exact) mass is 868 g/mol. The first-order chi connectivity index (χ1) is 29.1. The van der Waals surface area contributed by atoms with Gasteiger partial charge in [0.15, 0.2) is 6.79 Å². The van der Waals surface area contributed by atoms with Crippen LogP contribution in [0.4, 0.5) is 21.0 Å². The molecule has 15 nitrogen and oxygen atoms in total. The van der Waals surface area contributed by atoms with Gasteiger partial charge in [0, 0.05) is 94.4 Å². The summed E-state index contributed by atoms with van der Waals surface area (Å²) in [5, 5.41) is 15.3. The van der Waals surface area contributed by atoms with Crippen molar-refractivity contribution in [2.45, 2.75) is 66.5 Å². The lowest BCUT2D eigenvalue weighted by Crippen LogP contribution is -2.46. The molecule has 0 fully saturated rings. The second kappa shape index (κ2) is 24.8. The molecule has 0 bridgehead atoms. The van der Waals surface area contributed by atoms with Gasteiger partial charge >= 0.3 is 29.7 Å². The molecule has 0 heterocycles. The molecule has 0 aromatic heterocycles. The van der Waals surface area contributed by atoms with E-state index in [1.807, 2.05) is 102 Å². The quantitative estimate of drug-likeness (QED) is 0.0257. The van der Waals surface area contributed by atoms with E-state index in [0.717, 1.165) is 32.7 Å². The lowest BCUT2D eigenvalue weighted by Gasteiger charge is -2.28. The minimum absolute atomic E-state index is 0.0317. The number of hydrogen-bond acceptors (Lipinski definition) is 11. The summed E-state index contributed by atoms with van der Waals surface area (Å²) in [7, 11) is -2.40.